The smallest absolute Gasteiger partial charge is 0.255 e. The quantitative estimate of drug-likeness (QED) is 0.324. The second-order valence-corrected chi connectivity index (χ2v) is 11.4. The van der Waals surface area contributed by atoms with Gasteiger partial charge in [0.1, 0.15) is 5.75 Å². The van der Waals surface area contributed by atoms with E-state index in [1.54, 1.807) is 12.1 Å². The molecule has 0 radical (unpaired) electrons. The molecule has 1 unspecified atom stereocenters. The number of pyridine rings is 1. The zero-order valence-electron chi connectivity index (χ0n) is 25.6. The summed E-state index contributed by atoms with van der Waals surface area (Å²) >= 11 is 0. The number of hydrogen-bond donors (Lipinski definition) is 2. The van der Waals surface area contributed by atoms with Crippen LogP contribution in [0.4, 0.5) is 5.69 Å². The Morgan fingerprint density at radius 2 is 1.79 bits per heavy atom. The van der Waals surface area contributed by atoms with Crippen LogP contribution < -0.4 is 20.7 Å². The Morgan fingerprint density at radius 3 is 2.40 bits per heavy atom. The molecule has 226 valence electrons. The van der Waals surface area contributed by atoms with Crippen molar-refractivity contribution in [3.05, 3.63) is 88.2 Å². The fraction of sp³-hybridized carbons (Fsp3) is 0.412. The fourth-order valence-electron chi connectivity index (χ4n) is 5.86. The van der Waals surface area contributed by atoms with Crippen molar-refractivity contribution in [2.45, 2.75) is 65.6 Å². The topological polar surface area (TPSA) is 125 Å². The number of nitriles is 1. The van der Waals surface area contributed by atoms with Crippen molar-refractivity contribution in [2.75, 3.05) is 31.1 Å². The second-order valence-electron chi connectivity index (χ2n) is 11.4. The van der Waals surface area contributed by atoms with Gasteiger partial charge >= 0.3 is 0 Å². The van der Waals surface area contributed by atoms with Gasteiger partial charge in [0.15, 0.2) is 6.61 Å². The van der Waals surface area contributed by atoms with Crippen LogP contribution in [0.15, 0.2) is 54.9 Å². The van der Waals surface area contributed by atoms with E-state index in [-0.39, 0.29) is 12.5 Å². The summed E-state index contributed by atoms with van der Waals surface area (Å²) in [4.78, 5) is 33.3. The zero-order chi connectivity index (χ0) is 30.9. The Balaban J connectivity index is 1.35. The van der Waals surface area contributed by atoms with Gasteiger partial charge in [-0.2, -0.15) is 5.26 Å². The number of benzene rings is 2. The average molecular weight is 583 g/mol. The van der Waals surface area contributed by atoms with E-state index in [1.165, 1.54) is 11.1 Å². The largest absolute Gasteiger partial charge is 0.484 e. The monoisotopic (exact) mass is 582 g/mol. The second kappa shape index (κ2) is 14.7. The molecule has 1 fully saturated rings. The number of anilines is 1. The Bertz CT molecular complexity index is 1430. The minimum absolute atomic E-state index is 0.0854. The number of piperidine rings is 1. The first kappa shape index (κ1) is 31.5. The highest BCUT2D eigenvalue weighted by molar-refractivity contribution is 5.97. The molecule has 2 heterocycles. The van der Waals surface area contributed by atoms with E-state index >= 15 is 0 Å². The summed E-state index contributed by atoms with van der Waals surface area (Å²) in [5.74, 6) is 0.0238. The Morgan fingerprint density at radius 1 is 1.12 bits per heavy atom. The summed E-state index contributed by atoms with van der Waals surface area (Å²) < 4.78 is 5.47. The molecule has 1 aliphatic heterocycles. The molecule has 9 heteroatoms. The lowest BCUT2D eigenvalue weighted by atomic mass is 9.98. The Hall–Kier alpha value is -4.42. The van der Waals surface area contributed by atoms with Crippen LogP contribution in [0.5, 0.6) is 5.75 Å². The maximum atomic E-state index is 12.9. The number of carbonyl (C=O) groups is 2. The third-order valence-electron chi connectivity index (χ3n) is 8.34. The average Bonchev–Trinajstić information content (AvgIpc) is 2.99. The molecule has 1 saturated heterocycles. The minimum atomic E-state index is -0.502. The maximum Gasteiger partial charge on any atom is 0.255 e. The van der Waals surface area contributed by atoms with Crippen molar-refractivity contribution in [1.82, 2.24) is 15.2 Å². The number of aryl methyl sites for hydroxylation is 3. The van der Waals surface area contributed by atoms with Gasteiger partial charge in [-0.3, -0.25) is 14.6 Å². The Kier molecular flexibility index (Phi) is 10.7. The van der Waals surface area contributed by atoms with Crippen molar-refractivity contribution in [2.24, 2.45) is 5.73 Å². The number of aromatic nitrogens is 1. The molecule has 0 saturated carbocycles. The van der Waals surface area contributed by atoms with Crippen molar-refractivity contribution < 1.29 is 14.3 Å². The third-order valence-corrected chi connectivity index (χ3v) is 8.34. The van der Waals surface area contributed by atoms with E-state index in [4.69, 9.17) is 10.5 Å². The van der Waals surface area contributed by atoms with E-state index in [9.17, 15) is 14.9 Å². The molecule has 9 nitrogen and oxygen atoms in total. The summed E-state index contributed by atoms with van der Waals surface area (Å²) in [5, 5.41) is 12.3. The summed E-state index contributed by atoms with van der Waals surface area (Å²) in [5.41, 5.74) is 11.6. The van der Waals surface area contributed by atoms with Crippen LogP contribution in [0.2, 0.25) is 0 Å². The molecule has 3 N–H and O–H groups in total. The predicted octanol–water partition coefficient (Wildman–Crippen LogP) is 4.42. The number of amides is 2. The molecular formula is C34H42N6O3. The first-order valence-electron chi connectivity index (χ1n) is 14.9. The molecule has 1 aromatic heterocycles. The van der Waals surface area contributed by atoms with Gasteiger partial charge in [0, 0.05) is 61.9 Å². The van der Waals surface area contributed by atoms with Gasteiger partial charge < -0.3 is 25.6 Å². The predicted molar refractivity (Wildman–Crippen MR) is 168 cm³/mol. The standard InChI is InChI=1S/C34H42N6O3/c1-23-9-13-37-20-28(23)21-40(29-5-7-31(8-6-29)43-22-32(36)41)30-11-15-39(16-12-30)26(4)10-14-38-34(42)33-24(2)17-27(19-35)18-25(33)3/h5-9,13,17-18,20,26,30H,10-12,14-16,21-22H2,1-4H3,(H2,36,41)(H,38,42). The number of likely N-dealkylation sites (tertiary alicyclic amines) is 1. The molecule has 0 bridgehead atoms. The van der Waals surface area contributed by atoms with Crippen molar-refractivity contribution >= 4 is 17.5 Å². The Labute approximate surface area is 254 Å². The summed E-state index contributed by atoms with van der Waals surface area (Å²) in [6, 6.07) is 16.2. The highest BCUT2D eigenvalue weighted by atomic mass is 16.5. The van der Waals surface area contributed by atoms with Crippen molar-refractivity contribution in [3.8, 4) is 11.8 Å². The van der Waals surface area contributed by atoms with E-state index in [1.807, 2.05) is 56.6 Å². The molecule has 43 heavy (non-hydrogen) atoms. The van der Waals surface area contributed by atoms with Gasteiger partial charge in [-0.15, -0.1) is 0 Å². The van der Waals surface area contributed by atoms with Crippen LogP contribution in [0, 0.1) is 32.1 Å². The van der Waals surface area contributed by atoms with Gasteiger partial charge in [-0.1, -0.05) is 0 Å². The summed E-state index contributed by atoms with van der Waals surface area (Å²) in [6.07, 6.45) is 6.65. The lowest BCUT2D eigenvalue weighted by Crippen LogP contribution is -2.48. The SMILES string of the molecule is Cc1ccncc1CN(c1ccc(OCC(N)=O)cc1)C1CCN(C(C)CCNC(=O)c2c(C)cc(C#N)cc2C)CC1. The van der Waals surface area contributed by atoms with Crippen LogP contribution in [-0.4, -0.2) is 60.0 Å². The van der Waals surface area contributed by atoms with Gasteiger partial charge in [0.2, 0.25) is 0 Å². The first-order valence-corrected chi connectivity index (χ1v) is 14.9. The van der Waals surface area contributed by atoms with Gasteiger partial charge in [-0.25, -0.2) is 0 Å². The molecule has 3 aromatic rings. The van der Waals surface area contributed by atoms with Crippen LogP contribution in [0.3, 0.4) is 0 Å². The molecule has 1 atom stereocenters. The van der Waals surface area contributed by atoms with Gasteiger partial charge in [0.05, 0.1) is 11.6 Å². The van der Waals surface area contributed by atoms with E-state index < -0.39 is 5.91 Å². The zero-order valence-corrected chi connectivity index (χ0v) is 25.6. The number of carbonyl (C=O) groups excluding carboxylic acids is 2. The normalized spacial score (nSPS) is 14.5. The number of hydrogen-bond acceptors (Lipinski definition) is 7. The lowest BCUT2D eigenvalue weighted by Gasteiger charge is -2.42. The molecule has 0 spiro atoms. The summed E-state index contributed by atoms with van der Waals surface area (Å²) in [6.45, 7) is 11.2. The van der Waals surface area contributed by atoms with E-state index in [2.05, 4.69) is 40.0 Å². The maximum absolute atomic E-state index is 12.9. The highest BCUT2D eigenvalue weighted by Crippen LogP contribution is 2.29. The number of primary amides is 1. The molecule has 4 rings (SSSR count). The number of nitrogens with zero attached hydrogens (tertiary/aromatic N) is 4. The van der Waals surface area contributed by atoms with E-state index in [0.29, 0.717) is 35.5 Å². The first-order chi connectivity index (χ1) is 20.7. The van der Waals surface area contributed by atoms with Crippen LogP contribution >= 0.6 is 0 Å². The van der Waals surface area contributed by atoms with Crippen LogP contribution in [0.1, 0.15) is 64.4 Å². The number of nitrogens with two attached hydrogens (primary N) is 1. The molecular weight excluding hydrogens is 540 g/mol. The summed E-state index contributed by atoms with van der Waals surface area (Å²) in [7, 11) is 0. The highest BCUT2D eigenvalue weighted by Gasteiger charge is 2.28. The number of rotatable bonds is 12. The fourth-order valence-corrected chi connectivity index (χ4v) is 5.86. The van der Waals surface area contributed by atoms with Crippen molar-refractivity contribution in [1.29, 1.82) is 5.26 Å². The van der Waals surface area contributed by atoms with Crippen LogP contribution in [-0.2, 0) is 11.3 Å². The van der Waals surface area contributed by atoms with Gasteiger partial charge in [0.25, 0.3) is 11.8 Å². The molecule has 0 aliphatic carbocycles. The molecule has 1 aliphatic rings. The van der Waals surface area contributed by atoms with Gasteiger partial charge in [-0.05, 0) is 112 Å². The number of ether oxygens (including phenoxy) is 1. The third kappa shape index (κ3) is 8.33. The minimum Gasteiger partial charge on any atom is -0.484 e. The van der Waals surface area contributed by atoms with Crippen LogP contribution in [0.25, 0.3) is 0 Å². The van der Waals surface area contributed by atoms with Crippen molar-refractivity contribution in [3.63, 3.8) is 0 Å². The van der Waals surface area contributed by atoms with E-state index in [0.717, 1.165) is 55.7 Å². The molecule has 2 amide bonds. The lowest BCUT2D eigenvalue weighted by molar-refractivity contribution is -0.119. The number of nitrogens with one attached hydrogen (secondary N) is 1. The molecule has 2 aromatic carbocycles.